The molecule has 2 aromatic rings. The van der Waals surface area contributed by atoms with Gasteiger partial charge in [0.1, 0.15) is 0 Å². The van der Waals surface area contributed by atoms with E-state index in [1.54, 1.807) is 0 Å². The maximum atomic E-state index is 12.5. The molecular formula is C14H12N2O4S. The number of nitro groups is 1. The number of rotatable bonds is 4. The molecule has 3 rings (SSSR count). The van der Waals surface area contributed by atoms with Crippen LogP contribution in [0, 0.1) is 10.1 Å². The molecule has 0 aromatic heterocycles. The molecule has 6 nitrogen and oxygen atoms in total. The Kier molecular flexibility index (Phi) is 3.23. The van der Waals surface area contributed by atoms with Crippen molar-refractivity contribution in [3.63, 3.8) is 0 Å². The highest BCUT2D eigenvalue weighted by Gasteiger charge is 2.47. The van der Waals surface area contributed by atoms with Crippen LogP contribution in [-0.2, 0) is 10.0 Å². The molecule has 2 aromatic carbocycles. The minimum absolute atomic E-state index is 0.240. The Hall–Kier alpha value is -2.25. The van der Waals surface area contributed by atoms with Gasteiger partial charge < -0.3 is 0 Å². The lowest BCUT2D eigenvalue weighted by Crippen LogP contribution is -2.14. The first kappa shape index (κ1) is 13.7. The van der Waals surface area contributed by atoms with Crippen molar-refractivity contribution in [3.8, 4) is 0 Å². The van der Waals surface area contributed by atoms with E-state index in [1.807, 2.05) is 30.3 Å². The molecule has 1 saturated heterocycles. The molecule has 0 N–H and O–H groups in total. The number of nitrogens with zero attached hydrogens (tertiary/aromatic N) is 2. The predicted octanol–water partition coefficient (Wildman–Crippen LogP) is 2.34. The van der Waals surface area contributed by atoms with E-state index in [9.17, 15) is 18.5 Å². The maximum absolute atomic E-state index is 12.5. The van der Waals surface area contributed by atoms with Gasteiger partial charge >= 0.3 is 0 Å². The Morgan fingerprint density at radius 1 is 1.05 bits per heavy atom. The lowest BCUT2D eigenvalue weighted by Gasteiger charge is -2.07. The van der Waals surface area contributed by atoms with Gasteiger partial charge in [0.15, 0.2) is 4.90 Å². The van der Waals surface area contributed by atoms with Gasteiger partial charge in [-0.2, -0.15) is 4.31 Å². The number of sulfonamides is 1. The molecule has 7 heteroatoms. The lowest BCUT2D eigenvalue weighted by molar-refractivity contribution is -0.387. The van der Waals surface area contributed by atoms with Gasteiger partial charge in [0.25, 0.3) is 15.7 Å². The Labute approximate surface area is 121 Å². The summed E-state index contributed by atoms with van der Waals surface area (Å²) in [7, 11) is -3.85. The van der Waals surface area contributed by atoms with E-state index in [-0.39, 0.29) is 10.9 Å². The van der Waals surface area contributed by atoms with Gasteiger partial charge in [0, 0.05) is 12.6 Å². The number of hydrogen-bond donors (Lipinski definition) is 0. The van der Waals surface area contributed by atoms with Crippen molar-refractivity contribution in [2.75, 3.05) is 6.54 Å². The van der Waals surface area contributed by atoms with Crippen LogP contribution in [-0.4, -0.2) is 24.2 Å². The summed E-state index contributed by atoms with van der Waals surface area (Å²) in [6.45, 7) is 0.346. The molecule has 108 valence electrons. The molecule has 0 amide bonds. The minimum Gasteiger partial charge on any atom is -0.258 e. The van der Waals surface area contributed by atoms with Crippen molar-refractivity contribution < 1.29 is 13.3 Å². The maximum Gasteiger partial charge on any atom is 0.289 e. The summed E-state index contributed by atoms with van der Waals surface area (Å²) in [5.74, 6) is 0. The molecule has 2 atom stereocenters. The topological polar surface area (TPSA) is 80.3 Å². The van der Waals surface area contributed by atoms with Gasteiger partial charge in [-0.1, -0.05) is 42.5 Å². The highest BCUT2D eigenvalue weighted by molar-refractivity contribution is 7.89. The molecule has 0 bridgehead atoms. The van der Waals surface area contributed by atoms with Crippen molar-refractivity contribution >= 4 is 15.7 Å². The largest absolute Gasteiger partial charge is 0.289 e. The van der Waals surface area contributed by atoms with Gasteiger partial charge in [-0.15, -0.1) is 0 Å². The van der Waals surface area contributed by atoms with Crippen molar-refractivity contribution in [1.29, 1.82) is 0 Å². The second-order valence-corrected chi connectivity index (χ2v) is 6.59. The zero-order valence-corrected chi connectivity index (χ0v) is 11.7. The molecule has 21 heavy (non-hydrogen) atoms. The predicted molar refractivity (Wildman–Crippen MR) is 76.2 cm³/mol. The highest BCUT2D eigenvalue weighted by atomic mass is 32.2. The Bertz CT molecular complexity index is 790. The third-order valence-electron chi connectivity index (χ3n) is 3.40. The Morgan fingerprint density at radius 3 is 2.33 bits per heavy atom. The first-order valence-electron chi connectivity index (χ1n) is 6.32. The van der Waals surface area contributed by atoms with Crippen LogP contribution < -0.4 is 0 Å². The van der Waals surface area contributed by atoms with E-state index in [0.29, 0.717) is 6.54 Å². The molecule has 1 fully saturated rings. The van der Waals surface area contributed by atoms with Crippen LogP contribution in [0.3, 0.4) is 0 Å². The Balaban J connectivity index is 1.95. The third kappa shape index (κ3) is 2.41. The molecule has 0 saturated carbocycles. The zero-order valence-electron chi connectivity index (χ0n) is 10.9. The van der Waals surface area contributed by atoms with E-state index in [2.05, 4.69) is 0 Å². The number of hydrogen-bond acceptors (Lipinski definition) is 4. The molecule has 1 heterocycles. The second kappa shape index (κ2) is 4.94. The second-order valence-electron chi connectivity index (χ2n) is 4.73. The van der Waals surface area contributed by atoms with Crippen LogP contribution in [0.1, 0.15) is 11.6 Å². The quantitative estimate of drug-likeness (QED) is 0.493. The van der Waals surface area contributed by atoms with Crippen molar-refractivity contribution in [2.45, 2.75) is 10.9 Å². The highest BCUT2D eigenvalue weighted by Crippen LogP contribution is 2.41. The average Bonchev–Trinajstić information content (AvgIpc) is 3.29. The number of para-hydroxylation sites is 1. The molecule has 1 aliphatic rings. The third-order valence-corrected chi connectivity index (χ3v) is 5.32. The van der Waals surface area contributed by atoms with Crippen molar-refractivity contribution in [2.24, 2.45) is 0 Å². The molecular weight excluding hydrogens is 292 g/mol. The van der Waals surface area contributed by atoms with Gasteiger partial charge in [-0.3, -0.25) is 10.1 Å². The summed E-state index contributed by atoms with van der Waals surface area (Å²) >= 11 is 0. The fourth-order valence-corrected chi connectivity index (χ4v) is 3.99. The minimum atomic E-state index is -3.85. The first-order valence-corrected chi connectivity index (χ1v) is 7.76. The Morgan fingerprint density at radius 2 is 1.67 bits per heavy atom. The van der Waals surface area contributed by atoms with Crippen LogP contribution in [0.25, 0.3) is 0 Å². The van der Waals surface area contributed by atoms with E-state index in [4.69, 9.17) is 0 Å². The summed E-state index contributed by atoms with van der Waals surface area (Å²) < 4.78 is 26.3. The fourth-order valence-electron chi connectivity index (χ4n) is 2.29. The van der Waals surface area contributed by atoms with Gasteiger partial charge in [0.2, 0.25) is 0 Å². The first-order chi connectivity index (χ1) is 10.0. The summed E-state index contributed by atoms with van der Waals surface area (Å²) in [5, 5.41) is 11.0. The normalized spacial score (nSPS) is 21.0. The monoisotopic (exact) mass is 304 g/mol. The fraction of sp³-hybridized carbons (Fsp3) is 0.143. The molecule has 0 spiro atoms. The zero-order chi connectivity index (χ0) is 15.0. The average molecular weight is 304 g/mol. The standard InChI is InChI=1S/C14H12N2O4S/c17-16(18)12-8-4-5-9-14(12)21(19,20)15-10-13(15)11-6-2-1-3-7-11/h1-9,13H,10H2/t13-,15?/m1/s1. The summed E-state index contributed by atoms with van der Waals surface area (Å²) in [4.78, 5) is 10.1. The van der Waals surface area contributed by atoms with Gasteiger partial charge in [-0.25, -0.2) is 8.42 Å². The number of benzene rings is 2. The molecule has 0 radical (unpaired) electrons. The lowest BCUT2D eigenvalue weighted by atomic mass is 10.2. The summed E-state index contributed by atoms with van der Waals surface area (Å²) in [6, 6.07) is 14.4. The van der Waals surface area contributed by atoms with Crippen LogP contribution >= 0.6 is 0 Å². The van der Waals surface area contributed by atoms with E-state index in [0.717, 1.165) is 5.56 Å². The van der Waals surface area contributed by atoms with Gasteiger partial charge in [0.05, 0.1) is 11.0 Å². The van der Waals surface area contributed by atoms with Gasteiger partial charge in [-0.05, 0) is 11.6 Å². The van der Waals surface area contributed by atoms with Crippen LogP contribution in [0.15, 0.2) is 59.5 Å². The SMILES string of the molecule is O=[N+]([O-])c1ccccc1S(=O)(=O)N1C[C@@H]1c1ccccc1. The van der Waals surface area contributed by atoms with Crippen LogP contribution in [0.5, 0.6) is 0 Å². The summed E-state index contributed by atoms with van der Waals surface area (Å²) in [5.41, 5.74) is 0.496. The van der Waals surface area contributed by atoms with E-state index < -0.39 is 20.6 Å². The van der Waals surface area contributed by atoms with Crippen molar-refractivity contribution in [1.82, 2.24) is 4.31 Å². The van der Waals surface area contributed by atoms with E-state index in [1.165, 1.54) is 28.6 Å². The molecule has 1 unspecified atom stereocenters. The number of nitro benzene ring substituents is 1. The summed E-state index contributed by atoms with van der Waals surface area (Å²) in [6.07, 6.45) is 0. The van der Waals surface area contributed by atoms with E-state index >= 15 is 0 Å². The van der Waals surface area contributed by atoms with Crippen LogP contribution in [0.4, 0.5) is 5.69 Å². The molecule has 1 aliphatic heterocycles. The van der Waals surface area contributed by atoms with Crippen LogP contribution in [0.2, 0.25) is 0 Å². The molecule has 0 aliphatic carbocycles. The van der Waals surface area contributed by atoms with Crippen molar-refractivity contribution in [3.05, 3.63) is 70.3 Å². The smallest absolute Gasteiger partial charge is 0.258 e.